The molecule has 2 aromatic carbocycles. The molecule has 0 bridgehead atoms. The molecule has 0 spiro atoms. The number of Topliss-reactive ketones (excluding diaryl/α,β-unsaturated/α-hetero) is 1. The summed E-state index contributed by atoms with van der Waals surface area (Å²) >= 11 is 0. The summed E-state index contributed by atoms with van der Waals surface area (Å²) < 4.78 is 11.5. The fraction of sp³-hybridized carbons (Fsp3) is 0.238. The fourth-order valence-electron chi connectivity index (χ4n) is 3.29. The van der Waals surface area contributed by atoms with Gasteiger partial charge in [-0.3, -0.25) is 19.0 Å². The number of carbonyl (C=O) groups excluding carboxylic acids is 3. The van der Waals surface area contributed by atoms with Crippen molar-refractivity contribution in [3.8, 4) is 0 Å². The molecule has 0 radical (unpaired) electrons. The molecule has 4 rings (SSSR count). The van der Waals surface area contributed by atoms with Gasteiger partial charge >= 0.3 is 11.7 Å². The minimum atomic E-state index is -0.583. The van der Waals surface area contributed by atoms with E-state index in [-0.39, 0.29) is 31.3 Å². The Kier molecular flexibility index (Phi) is 4.99. The van der Waals surface area contributed by atoms with Crippen LogP contribution in [0.4, 0.5) is 5.69 Å². The van der Waals surface area contributed by atoms with Crippen LogP contribution < -0.4 is 11.1 Å². The molecule has 0 aliphatic carbocycles. The quantitative estimate of drug-likeness (QED) is 0.508. The summed E-state index contributed by atoms with van der Waals surface area (Å²) in [6.45, 7) is -0.285. The number of para-hydroxylation sites is 2. The number of nitrogens with zero attached hydrogens (tertiary/aromatic N) is 1. The van der Waals surface area contributed by atoms with E-state index in [1.165, 1.54) is 4.57 Å². The Labute approximate surface area is 165 Å². The predicted octanol–water partition coefficient (Wildman–Crippen LogP) is 2.30. The zero-order chi connectivity index (χ0) is 20.4. The maximum absolute atomic E-state index is 12.3. The molecule has 0 saturated heterocycles. The van der Waals surface area contributed by atoms with Crippen LogP contribution in [0.3, 0.4) is 0 Å². The van der Waals surface area contributed by atoms with Crippen molar-refractivity contribution >= 4 is 34.4 Å². The first-order valence-corrected chi connectivity index (χ1v) is 9.21. The molecule has 1 aliphatic rings. The fourth-order valence-corrected chi connectivity index (χ4v) is 3.29. The van der Waals surface area contributed by atoms with Gasteiger partial charge in [-0.1, -0.05) is 12.1 Å². The van der Waals surface area contributed by atoms with Crippen LogP contribution in [-0.2, 0) is 27.3 Å². The van der Waals surface area contributed by atoms with Gasteiger partial charge in [-0.2, -0.15) is 0 Å². The highest BCUT2D eigenvalue weighted by Gasteiger charge is 2.18. The summed E-state index contributed by atoms with van der Waals surface area (Å²) in [6, 6.07) is 11.9. The molecular weight excluding hydrogens is 376 g/mol. The van der Waals surface area contributed by atoms with Gasteiger partial charge in [0.05, 0.1) is 11.9 Å². The van der Waals surface area contributed by atoms with Crippen LogP contribution in [0.1, 0.15) is 28.8 Å². The molecule has 1 N–H and O–H groups in total. The number of benzene rings is 2. The number of ketones is 1. The number of aryl methyl sites for hydroxylation is 2. The second kappa shape index (κ2) is 7.75. The first-order valence-electron chi connectivity index (χ1n) is 9.21. The number of hydrogen-bond donors (Lipinski definition) is 1. The minimum Gasteiger partial charge on any atom is -0.457 e. The summed E-state index contributed by atoms with van der Waals surface area (Å²) in [4.78, 5) is 47.7. The molecule has 0 fully saturated rings. The number of ether oxygens (including phenoxy) is 1. The third kappa shape index (κ3) is 3.96. The van der Waals surface area contributed by atoms with Gasteiger partial charge in [-0.15, -0.1) is 0 Å². The van der Waals surface area contributed by atoms with Crippen molar-refractivity contribution in [2.75, 3.05) is 11.9 Å². The lowest BCUT2D eigenvalue weighted by Crippen LogP contribution is -2.21. The van der Waals surface area contributed by atoms with Crippen LogP contribution >= 0.6 is 0 Å². The third-order valence-corrected chi connectivity index (χ3v) is 4.80. The molecule has 0 atom stereocenters. The number of nitrogens with one attached hydrogen (secondary N) is 1. The zero-order valence-electron chi connectivity index (χ0n) is 15.5. The van der Waals surface area contributed by atoms with E-state index in [2.05, 4.69) is 5.32 Å². The number of hydrogen-bond acceptors (Lipinski definition) is 6. The lowest BCUT2D eigenvalue weighted by molar-refractivity contribution is -0.142. The number of anilines is 1. The summed E-state index contributed by atoms with van der Waals surface area (Å²) in [5, 5.41) is 2.75. The van der Waals surface area contributed by atoms with Gasteiger partial charge in [0.15, 0.2) is 18.0 Å². The van der Waals surface area contributed by atoms with Gasteiger partial charge in [0.2, 0.25) is 5.91 Å². The lowest BCUT2D eigenvalue weighted by atomic mass is 9.99. The molecule has 29 heavy (non-hydrogen) atoms. The third-order valence-electron chi connectivity index (χ3n) is 4.80. The number of oxazole rings is 1. The highest BCUT2D eigenvalue weighted by Crippen LogP contribution is 2.23. The zero-order valence-corrected chi connectivity index (χ0v) is 15.5. The van der Waals surface area contributed by atoms with Gasteiger partial charge in [-0.05, 0) is 42.3 Å². The van der Waals surface area contributed by atoms with E-state index >= 15 is 0 Å². The van der Waals surface area contributed by atoms with E-state index in [1.54, 1.807) is 42.5 Å². The van der Waals surface area contributed by atoms with Crippen LogP contribution in [0.15, 0.2) is 51.7 Å². The maximum atomic E-state index is 12.3. The molecule has 1 aliphatic heterocycles. The molecule has 0 saturated carbocycles. The number of rotatable bonds is 6. The summed E-state index contributed by atoms with van der Waals surface area (Å²) in [5.74, 6) is -1.50. The predicted molar refractivity (Wildman–Crippen MR) is 104 cm³/mol. The average Bonchev–Trinajstić information content (AvgIpc) is 3.05. The van der Waals surface area contributed by atoms with Gasteiger partial charge in [0.25, 0.3) is 0 Å². The Morgan fingerprint density at radius 2 is 1.93 bits per heavy atom. The normalized spacial score (nSPS) is 13.0. The maximum Gasteiger partial charge on any atom is 0.419 e. The van der Waals surface area contributed by atoms with E-state index in [4.69, 9.17) is 9.15 Å². The van der Waals surface area contributed by atoms with Crippen LogP contribution in [0.25, 0.3) is 11.1 Å². The molecule has 8 heteroatoms. The number of fused-ring (bicyclic) bond motifs is 2. The summed E-state index contributed by atoms with van der Waals surface area (Å²) in [5.41, 5.74) is 3.05. The van der Waals surface area contributed by atoms with Crippen molar-refractivity contribution in [2.45, 2.75) is 25.8 Å². The van der Waals surface area contributed by atoms with Gasteiger partial charge in [0.1, 0.15) is 0 Å². The van der Waals surface area contributed by atoms with Crippen LogP contribution in [0.5, 0.6) is 0 Å². The largest absolute Gasteiger partial charge is 0.457 e. The Hall–Kier alpha value is -3.68. The van der Waals surface area contributed by atoms with Crippen molar-refractivity contribution in [1.29, 1.82) is 0 Å². The lowest BCUT2D eigenvalue weighted by Gasteiger charge is -2.17. The van der Waals surface area contributed by atoms with Crippen molar-refractivity contribution in [3.05, 3.63) is 64.1 Å². The smallest absolute Gasteiger partial charge is 0.419 e. The summed E-state index contributed by atoms with van der Waals surface area (Å²) in [6.07, 6.45) is 0.879. The number of amides is 1. The summed E-state index contributed by atoms with van der Waals surface area (Å²) in [7, 11) is 0. The highest BCUT2D eigenvalue weighted by atomic mass is 16.5. The van der Waals surface area contributed by atoms with Crippen molar-refractivity contribution < 1.29 is 23.5 Å². The Morgan fingerprint density at radius 3 is 2.79 bits per heavy atom. The minimum absolute atomic E-state index is 0.0463. The van der Waals surface area contributed by atoms with Crippen molar-refractivity contribution in [1.82, 2.24) is 4.57 Å². The first-order chi connectivity index (χ1) is 14.0. The van der Waals surface area contributed by atoms with Crippen molar-refractivity contribution in [2.24, 2.45) is 0 Å². The highest BCUT2D eigenvalue weighted by molar-refractivity contribution is 6.00. The molecule has 3 aromatic rings. The van der Waals surface area contributed by atoms with Gasteiger partial charge in [-0.25, -0.2) is 4.79 Å². The number of carbonyl (C=O) groups is 3. The van der Waals surface area contributed by atoms with Gasteiger partial charge < -0.3 is 14.5 Å². The molecule has 1 amide bonds. The van der Waals surface area contributed by atoms with Crippen LogP contribution in [-0.4, -0.2) is 28.8 Å². The Balaban J connectivity index is 1.34. The standard InChI is InChI=1S/C21H18N2O6/c24-17(14-5-7-15-13(11-14)6-8-19(25)22-15)12-28-20(26)9-10-23-16-3-1-2-4-18(16)29-21(23)27/h1-5,7,11H,6,8-10,12H2,(H,22,25). The average molecular weight is 394 g/mol. The van der Waals surface area contributed by atoms with E-state index < -0.39 is 11.7 Å². The number of aromatic nitrogens is 1. The van der Waals surface area contributed by atoms with E-state index in [0.29, 0.717) is 35.2 Å². The monoisotopic (exact) mass is 394 g/mol. The van der Waals surface area contributed by atoms with E-state index in [1.807, 2.05) is 0 Å². The molecule has 148 valence electrons. The molecule has 1 aromatic heterocycles. The van der Waals surface area contributed by atoms with Crippen LogP contribution in [0, 0.1) is 0 Å². The molecule has 0 unspecified atom stereocenters. The van der Waals surface area contributed by atoms with Crippen LogP contribution in [0.2, 0.25) is 0 Å². The molecule has 8 nitrogen and oxygen atoms in total. The second-order valence-electron chi connectivity index (χ2n) is 6.74. The van der Waals surface area contributed by atoms with E-state index in [0.717, 1.165) is 5.56 Å². The van der Waals surface area contributed by atoms with Gasteiger partial charge in [0, 0.05) is 24.2 Å². The SMILES string of the molecule is O=C1CCc2cc(C(=O)COC(=O)CCn3c(=O)oc4ccccc43)ccc2N1. The molecular formula is C21H18N2O6. The molecule has 2 heterocycles. The Morgan fingerprint density at radius 1 is 1.10 bits per heavy atom. The van der Waals surface area contributed by atoms with E-state index in [9.17, 15) is 19.2 Å². The first kappa shape index (κ1) is 18.7. The topological polar surface area (TPSA) is 108 Å². The second-order valence-corrected chi connectivity index (χ2v) is 6.74. The Bertz CT molecular complexity index is 1170. The van der Waals surface area contributed by atoms with Crippen molar-refractivity contribution in [3.63, 3.8) is 0 Å². The number of esters is 1.